The molecule has 0 amide bonds. The first-order chi connectivity index (χ1) is 8.61. The molecule has 0 radical (unpaired) electrons. The van der Waals surface area contributed by atoms with Crippen LogP contribution in [0.1, 0.15) is 31.1 Å². The number of benzene rings is 1. The van der Waals surface area contributed by atoms with Crippen molar-refractivity contribution in [1.82, 2.24) is 9.55 Å². The summed E-state index contributed by atoms with van der Waals surface area (Å²) in [5.74, 6) is -0.266. The number of nitrogens with zero attached hydrogens (tertiary/aromatic N) is 2. The molecule has 0 unspecified atom stereocenters. The van der Waals surface area contributed by atoms with E-state index in [1.807, 2.05) is 19.1 Å². The normalized spacial score (nSPS) is 10.0. The second-order valence-corrected chi connectivity index (χ2v) is 4.38. The van der Waals surface area contributed by atoms with Gasteiger partial charge in [-0.05, 0) is 30.7 Å². The van der Waals surface area contributed by atoms with E-state index in [1.165, 1.54) is 6.20 Å². The van der Waals surface area contributed by atoms with Crippen LogP contribution in [0, 0.1) is 0 Å². The summed E-state index contributed by atoms with van der Waals surface area (Å²) in [7, 11) is 0. The van der Waals surface area contributed by atoms with Crippen LogP contribution in [0.5, 0.6) is 0 Å². The van der Waals surface area contributed by atoms with Crippen LogP contribution in [-0.4, -0.2) is 20.6 Å². The molecule has 0 saturated carbocycles. The molecule has 19 heavy (non-hydrogen) atoms. The van der Waals surface area contributed by atoms with E-state index in [1.54, 1.807) is 16.7 Å². The number of carbonyl (C=O) groups is 1. The smallest absolute Gasteiger partial charge is 1.00 e. The van der Waals surface area contributed by atoms with Crippen LogP contribution < -0.4 is 18.9 Å². The Balaban J connectivity index is 0.00000180. The summed E-state index contributed by atoms with van der Waals surface area (Å²) in [4.78, 5) is 15.1. The van der Waals surface area contributed by atoms with Gasteiger partial charge in [-0.3, -0.25) is 0 Å². The number of halogens is 1. The molecule has 4 nitrogen and oxygen atoms in total. The topological polar surface area (TPSA) is 55.1 Å². The average Bonchev–Trinajstić information content (AvgIpc) is 2.75. The molecule has 0 atom stereocenters. The van der Waals surface area contributed by atoms with Crippen LogP contribution in [0.3, 0.4) is 0 Å². The first-order valence-electron chi connectivity index (χ1n) is 5.69. The monoisotopic (exact) mass is 272 g/mol. The van der Waals surface area contributed by atoms with Gasteiger partial charge in [0.05, 0.1) is 0 Å². The van der Waals surface area contributed by atoms with Gasteiger partial charge in [-0.2, -0.15) is 0 Å². The molecule has 0 bridgehead atoms. The second kappa shape index (κ2) is 6.81. The molecule has 0 saturated heterocycles. The number of carboxylic acids is 1. The first-order valence-corrected chi connectivity index (χ1v) is 6.07. The van der Waals surface area contributed by atoms with Crippen LogP contribution in [0.2, 0.25) is 5.02 Å². The number of aromatic carboxylic acids is 1. The van der Waals surface area contributed by atoms with E-state index in [4.69, 9.17) is 16.7 Å². The number of hydrogen-bond donors (Lipinski definition) is 1. The molecule has 0 aliphatic rings. The van der Waals surface area contributed by atoms with Crippen molar-refractivity contribution in [3.8, 4) is 5.69 Å². The summed E-state index contributed by atoms with van der Waals surface area (Å²) in [6.45, 7) is 2.03. The summed E-state index contributed by atoms with van der Waals surface area (Å²) in [6, 6.07) is 7.23. The molecule has 1 aromatic carbocycles. The number of imidazole rings is 1. The molecular formula is C13H14ClLiN2O2. The van der Waals surface area contributed by atoms with Crippen LogP contribution in [0.25, 0.3) is 5.69 Å². The summed E-state index contributed by atoms with van der Waals surface area (Å²) in [6.07, 6.45) is 3.18. The van der Waals surface area contributed by atoms with Gasteiger partial charge < -0.3 is 11.1 Å². The molecule has 1 aromatic heterocycles. The van der Waals surface area contributed by atoms with Crippen molar-refractivity contribution in [1.29, 1.82) is 0 Å². The summed E-state index contributed by atoms with van der Waals surface area (Å²) in [5.41, 5.74) is 0.927. The third-order valence-electron chi connectivity index (χ3n) is 2.58. The van der Waals surface area contributed by atoms with E-state index in [2.05, 4.69) is 4.98 Å². The van der Waals surface area contributed by atoms with Crippen molar-refractivity contribution in [2.45, 2.75) is 19.8 Å². The van der Waals surface area contributed by atoms with E-state index < -0.39 is 5.97 Å². The molecule has 0 aliphatic heterocycles. The molecule has 2 rings (SSSR count). The Hall–Kier alpha value is -1.21. The van der Waals surface area contributed by atoms with Crippen LogP contribution in [0.15, 0.2) is 30.5 Å². The maximum Gasteiger partial charge on any atom is 1.00 e. The molecular weight excluding hydrogens is 259 g/mol. The quantitative estimate of drug-likeness (QED) is 0.814. The van der Waals surface area contributed by atoms with Crippen molar-refractivity contribution in [3.05, 3.63) is 47.0 Å². The summed E-state index contributed by atoms with van der Waals surface area (Å²) < 4.78 is 1.79. The van der Waals surface area contributed by atoms with Gasteiger partial charge in [0.15, 0.2) is 5.69 Å². The molecule has 0 aliphatic carbocycles. The van der Waals surface area contributed by atoms with Crippen molar-refractivity contribution in [3.63, 3.8) is 0 Å². The van der Waals surface area contributed by atoms with Gasteiger partial charge in [-0.1, -0.05) is 18.5 Å². The van der Waals surface area contributed by atoms with E-state index in [0.717, 1.165) is 24.4 Å². The SMILES string of the molecule is CCCc1nc(C(=O)O)cn1-c1ccc(Cl)cc1.[H-].[Li+]. The van der Waals surface area contributed by atoms with E-state index >= 15 is 0 Å². The Labute approximate surface area is 130 Å². The number of aromatic nitrogens is 2. The van der Waals surface area contributed by atoms with Gasteiger partial charge in [0.1, 0.15) is 5.82 Å². The molecule has 6 heteroatoms. The zero-order chi connectivity index (χ0) is 13.1. The fraction of sp³-hybridized carbons (Fsp3) is 0.231. The Morgan fingerprint density at radius 2 is 2.05 bits per heavy atom. The predicted molar refractivity (Wildman–Crippen MR) is 70.6 cm³/mol. The molecule has 1 heterocycles. The Bertz CT molecular complexity index is 572. The minimum absolute atomic E-state index is 0. The summed E-state index contributed by atoms with van der Waals surface area (Å²) in [5, 5.41) is 9.63. The Morgan fingerprint density at radius 1 is 1.42 bits per heavy atom. The number of aryl methyl sites for hydroxylation is 1. The van der Waals surface area contributed by atoms with Crippen LogP contribution >= 0.6 is 11.6 Å². The molecule has 1 N–H and O–H groups in total. The van der Waals surface area contributed by atoms with Gasteiger partial charge in [0.25, 0.3) is 0 Å². The molecule has 2 aromatic rings. The fourth-order valence-electron chi connectivity index (χ4n) is 1.75. The Morgan fingerprint density at radius 3 is 2.58 bits per heavy atom. The van der Waals surface area contributed by atoms with Crippen LogP contribution in [0.4, 0.5) is 0 Å². The van der Waals surface area contributed by atoms with Gasteiger partial charge in [-0.25, -0.2) is 9.78 Å². The van der Waals surface area contributed by atoms with Crippen LogP contribution in [-0.2, 0) is 6.42 Å². The van der Waals surface area contributed by atoms with Gasteiger partial charge in [0, 0.05) is 23.3 Å². The van der Waals surface area contributed by atoms with Crippen molar-refractivity contribution < 1.29 is 30.2 Å². The second-order valence-electron chi connectivity index (χ2n) is 3.94. The Kier molecular flexibility index (Phi) is 5.68. The number of hydrogen-bond acceptors (Lipinski definition) is 2. The van der Waals surface area contributed by atoms with Gasteiger partial charge >= 0.3 is 24.8 Å². The van der Waals surface area contributed by atoms with Crippen molar-refractivity contribution >= 4 is 17.6 Å². The van der Waals surface area contributed by atoms with E-state index in [-0.39, 0.29) is 26.0 Å². The van der Waals surface area contributed by atoms with Crippen molar-refractivity contribution in [2.75, 3.05) is 0 Å². The van der Waals surface area contributed by atoms with E-state index in [0.29, 0.717) is 5.02 Å². The maximum atomic E-state index is 11.0. The molecule has 96 valence electrons. The predicted octanol–water partition coefficient (Wildman–Crippen LogP) is 0.293. The average molecular weight is 273 g/mol. The zero-order valence-corrected chi connectivity index (χ0v) is 11.7. The number of rotatable bonds is 4. The van der Waals surface area contributed by atoms with Gasteiger partial charge in [-0.15, -0.1) is 0 Å². The third kappa shape index (κ3) is 3.63. The largest absolute Gasteiger partial charge is 1.00 e. The third-order valence-corrected chi connectivity index (χ3v) is 2.83. The fourth-order valence-corrected chi connectivity index (χ4v) is 1.87. The minimum Gasteiger partial charge on any atom is -1.00 e. The molecule has 0 fully saturated rings. The van der Waals surface area contributed by atoms with Crippen molar-refractivity contribution in [2.24, 2.45) is 0 Å². The minimum atomic E-state index is -1.01. The van der Waals surface area contributed by atoms with E-state index in [9.17, 15) is 4.79 Å². The maximum absolute atomic E-state index is 11.0. The molecule has 0 spiro atoms. The standard InChI is InChI=1S/C13H13ClN2O2.Li.H/c1-2-3-12-15-11(13(17)18)8-16(12)10-6-4-9(14)5-7-10;;/h4-8H,2-3H2,1H3,(H,17,18);;/q;+1;-1. The van der Waals surface area contributed by atoms with Gasteiger partial charge in [0.2, 0.25) is 0 Å². The zero-order valence-electron chi connectivity index (χ0n) is 11.9. The first kappa shape index (κ1) is 15.8. The number of carboxylic acid groups (broad SMARTS) is 1. The summed E-state index contributed by atoms with van der Waals surface area (Å²) >= 11 is 5.84.